The first-order chi connectivity index (χ1) is 8.93. The van der Waals surface area contributed by atoms with Crippen molar-refractivity contribution < 1.29 is 9.53 Å². The Labute approximate surface area is 115 Å². The molecule has 0 bridgehead atoms. The highest BCUT2D eigenvalue weighted by Crippen LogP contribution is 2.14. The summed E-state index contributed by atoms with van der Waals surface area (Å²) in [6.45, 7) is 5.26. The zero-order valence-corrected chi connectivity index (χ0v) is 12.3. The summed E-state index contributed by atoms with van der Waals surface area (Å²) in [4.78, 5) is 17.6. The Bertz CT molecular complexity index is 419. The van der Waals surface area contributed by atoms with E-state index in [2.05, 4.69) is 33.8 Å². The van der Waals surface area contributed by atoms with Crippen LogP contribution in [-0.4, -0.2) is 49.6 Å². The van der Waals surface area contributed by atoms with E-state index in [1.54, 1.807) is 12.3 Å². The van der Waals surface area contributed by atoms with Crippen LogP contribution in [0.2, 0.25) is 0 Å². The topological polar surface area (TPSA) is 54.5 Å². The van der Waals surface area contributed by atoms with E-state index in [0.717, 1.165) is 12.2 Å². The lowest BCUT2D eigenvalue weighted by Crippen LogP contribution is -2.36. The van der Waals surface area contributed by atoms with Crippen molar-refractivity contribution in [1.82, 2.24) is 9.88 Å². The molecule has 1 aromatic rings. The number of nitrogens with zero attached hydrogens (tertiary/aromatic N) is 2. The van der Waals surface area contributed by atoms with Crippen LogP contribution in [0.25, 0.3) is 0 Å². The number of carbonyl (C=O) groups excluding carboxylic acids is 1. The zero-order chi connectivity index (χ0) is 14.4. The molecule has 5 heteroatoms. The summed E-state index contributed by atoms with van der Waals surface area (Å²) >= 11 is 0. The van der Waals surface area contributed by atoms with Crippen molar-refractivity contribution in [3.63, 3.8) is 0 Å². The van der Waals surface area contributed by atoms with Gasteiger partial charge in [-0.25, -0.2) is 9.78 Å². The Balaban J connectivity index is 2.81. The van der Waals surface area contributed by atoms with Crippen molar-refractivity contribution in [2.45, 2.75) is 19.9 Å². The second-order valence-corrected chi connectivity index (χ2v) is 5.18. The van der Waals surface area contributed by atoms with E-state index in [0.29, 0.717) is 17.7 Å². The molecule has 0 amide bonds. The molecule has 1 N–H and O–H groups in total. The summed E-state index contributed by atoms with van der Waals surface area (Å²) in [5, 5.41) is 3.44. The van der Waals surface area contributed by atoms with Crippen molar-refractivity contribution in [2.75, 3.05) is 33.1 Å². The van der Waals surface area contributed by atoms with Crippen LogP contribution in [0.1, 0.15) is 24.3 Å². The molecule has 1 heterocycles. The van der Waals surface area contributed by atoms with Crippen molar-refractivity contribution in [1.29, 1.82) is 0 Å². The second-order valence-electron chi connectivity index (χ2n) is 5.18. The maximum absolute atomic E-state index is 11.4. The number of methoxy groups -OCH3 is 1. The molecule has 0 spiro atoms. The molecule has 106 valence electrons. The van der Waals surface area contributed by atoms with E-state index in [1.807, 2.05) is 20.2 Å². The number of hydrogen-bond donors (Lipinski definition) is 1. The number of anilines is 1. The maximum atomic E-state index is 11.4. The third kappa shape index (κ3) is 4.87. The van der Waals surface area contributed by atoms with Crippen LogP contribution in [-0.2, 0) is 4.74 Å². The Morgan fingerprint density at radius 1 is 1.47 bits per heavy atom. The first-order valence-electron chi connectivity index (χ1n) is 6.39. The number of ether oxygens (including phenoxy) is 1. The van der Waals surface area contributed by atoms with Crippen LogP contribution in [0.3, 0.4) is 0 Å². The Morgan fingerprint density at radius 2 is 2.16 bits per heavy atom. The predicted octanol–water partition coefficient (Wildman–Crippen LogP) is 1.87. The van der Waals surface area contributed by atoms with Gasteiger partial charge in [0.2, 0.25) is 0 Å². The van der Waals surface area contributed by atoms with Gasteiger partial charge in [-0.3, -0.25) is 0 Å². The minimum atomic E-state index is -0.419. The summed E-state index contributed by atoms with van der Waals surface area (Å²) in [6, 6.07) is 3.89. The van der Waals surface area contributed by atoms with Gasteiger partial charge in [0.05, 0.1) is 7.11 Å². The number of esters is 1. The number of nitrogens with one attached hydrogen (secondary N) is 1. The fourth-order valence-corrected chi connectivity index (χ4v) is 1.77. The Morgan fingerprint density at radius 3 is 2.68 bits per heavy atom. The van der Waals surface area contributed by atoms with Gasteiger partial charge in [0.25, 0.3) is 0 Å². The molecule has 1 unspecified atom stereocenters. The molecule has 0 fully saturated rings. The van der Waals surface area contributed by atoms with Gasteiger partial charge in [-0.05, 0) is 32.1 Å². The number of pyridine rings is 1. The van der Waals surface area contributed by atoms with E-state index in [1.165, 1.54) is 7.11 Å². The number of hydrogen-bond acceptors (Lipinski definition) is 5. The number of aromatic nitrogens is 1. The van der Waals surface area contributed by atoms with Crippen molar-refractivity contribution in [3.8, 4) is 0 Å². The van der Waals surface area contributed by atoms with Crippen LogP contribution in [0.5, 0.6) is 0 Å². The highest BCUT2D eigenvalue weighted by molar-refractivity contribution is 5.88. The molecule has 0 saturated carbocycles. The highest BCUT2D eigenvalue weighted by Gasteiger charge is 2.15. The lowest BCUT2D eigenvalue weighted by molar-refractivity contribution is 0.0594. The molecule has 19 heavy (non-hydrogen) atoms. The average molecular weight is 265 g/mol. The molecule has 0 aliphatic rings. The smallest absolute Gasteiger partial charge is 0.356 e. The van der Waals surface area contributed by atoms with Gasteiger partial charge < -0.3 is 15.0 Å². The second kappa shape index (κ2) is 7.09. The third-order valence-electron chi connectivity index (χ3n) is 2.87. The fraction of sp³-hybridized carbons (Fsp3) is 0.571. The van der Waals surface area contributed by atoms with E-state index in [4.69, 9.17) is 0 Å². The largest absolute Gasteiger partial charge is 0.464 e. The summed E-state index contributed by atoms with van der Waals surface area (Å²) in [5.74, 6) is 0.0644. The first kappa shape index (κ1) is 15.4. The average Bonchev–Trinajstić information content (AvgIpc) is 2.36. The normalized spacial score (nSPS) is 12.6. The van der Waals surface area contributed by atoms with Crippen LogP contribution in [0, 0.1) is 5.92 Å². The van der Waals surface area contributed by atoms with Gasteiger partial charge in [-0.1, -0.05) is 13.8 Å². The van der Waals surface area contributed by atoms with Gasteiger partial charge in [0, 0.05) is 24.5 Å². The van der Waals surface area contributed by atoms with E-state index >= 15 is 0 Å². The SMILES string of the molecule is COC(=O)c1cc(NC(CN(C)C)C(C)C)ccn1. The zero-order valence-electron chi connectivity index (χ0n) is 12.3. The highest BCUT2D eigenvalue weighted by atomic mass is 16.5. The summed E-state index contributed by atoms with van der Waals surface area (Å²) in [6.07, 6.45) is 1.61. The lowest BCUT2D eigenvalue weighted by Gasteiger charge is -2.26. The number of likely N-dealkylation sites (N-methyl/N-ethyl adjacent to an activating group) is 1. The molecular formula is C14H23N3O2. The predicted molar refractivity (Wildman–Crippen MR) is 76.4 cm³/mol. The van der Waals surface area contributed by atoms with Gasteiger partial charge in [0.1, 0.15) is 5.69 Å². The van der Waals surface area contributed by atoms with Crippen LogP contribution < -0.4 is 5.32 Å². The maximum Gasteiger partial charge on any atom is 0.356 e. The van der Waals surface area contributed by atoms with Gasteiger partial charge in [0.15, 0.2) is 0 Å². The van der Waals surface area contributed by atoms with E-state index < -0.39 is 5.97 Å². The monoisotopic (exact) mass is 265 g/mol. The van der Waals surface area contributed by atoms with Crippen molar-refractivity contribution in [3.05, 3.63) is 24.0 Å². The molecule has 0 aliphatic carbocycles. The molecule has 1 rings (SSSR count). The first-order valence-corrected chi connectivity index (χ1v) is 6.39. The number of rotatable bonds is 6. The van der Waals surface area contributed by atoms with Crippen LogP contribution in [0.15, 0.2) is 18.3 Å². The third-order valence-corrected chi connectivity index (χ3v) is 2.87. The van der Waals surface area contributed by atoms with Gasteiger partial charge >= 0.3 is 5.97 Å². The molecular weight excluding hydrogens is 242 g/mol. The standard InChI is InChI=1S/C14H23N3O2/c1-10(2)13(9-17(3)4)16-11-6-7-15-12(8-11)14(18)19-5/h6-8,10,13H,9H2,1-5H3,(H,15,16). The van der Waals surface area contributed by atoms with E-state index in [-0.39, 0.29) is 0 Å². The number of carbonyl (C=O) groups is 1. The van der Waals surface area contributed by atoms with Gasteiger partial charge in [-0.15, -0.1) is 0 Å². The molecule has 1 aromatic heterocycles. The molecule has 0 aromatic carbocycles. The van der Waals surface area contributed by atoms with Crippen LogP contribution >= 0.6 is 0 Å². The Hall–Kier alpha value is -1.62. The summed E-state index contributed by atoms with van der Waals surface area (Å²) < 4.78 is 4.67. The minimum Gasteiger partial charge on any atom is -0.464 e. The summed E-state index contributed by atoms with van der Waals surface area (Å²) in [7, 11) is 5.44. The molecule has 0 aliphatic heterocycles. The van der Waals surface area contributed by atoms with E-state index in [9.17, 15) is 4.79 Å². The van der Waals surface area contributed by atoms with Crippen molar-refractivity contribution >= 4 is 11.7 Å². The quantitative estimate of drug-likeness (QED) is 0.796. The molecule has 0 saturated heterocycles. The fourth-order valence-electron chi connectivity index (χ4n) is 1.77. The summed E-state index contributed by atoms with van der Waals surface area (Å²) in [5.41, 5.74) is 1.20. The van der Waals surface area contributed by atoms with Gasteiger partial charge in [-0.2, -0.15) is 0 Å². The van der Waals surface area contributed by atoms with Crippen LogP contribution in [0.4, 0.5) is 5.69 Å². The minimum absolute atomic E-state index is 0.308. The molecule has 0 radical (unpaired) electrons. The molecule has 5 nitrogen and oxygen atoms in total. The lowest BCUT2D eigenvalue weighted by atomic mass is 10.0. The van der Waals surface area contributed by atoms with Crippen molar-refractivity contribution in [2.24, 2.45) is 5.92 Å². The molecule has 1 atom stereocenters. The Kier molecular flexibility index (Phi) is 5.76.